The van der Waals surface area contributed by atoms with Gasteiger partial charge in [-0.2, -0.15) is 0 Å². The molecule has 2 atom stereocenters. The number of rotatable bonds is 8. The molecule has 0 fully saturated rings. The van der Waals surface area contributed by atoms with E-state index in [-0.39, 0.29) is 18.0 Å². The molecule has 0 aliphatic heterocycles. The first-order valence-electron chi connectivity index (χ1n) is 9.45. The number of thiophene rings is 1. The molecule has 0 radical (unpaired) electrons. The van der Waals surface area contributed by atoms with Gasteiger partial charge in [-0.3, -0.25) is 4.79 Å². The lowest BCUT2D eigenvalue weighted by Crippen LogP contribution is -2.87. The van der Waals surface area contributed by atoms with Crippen LogP contribution in [0, 0.1) is 6.92 Å². The molecule has 0 saturated heterocycles. The molecule has 1 heterocycles. The van der Waals surface area contributed by atoms with Gasteiger partial charge in [0.1, 0.15) is 6.04 Å². The van der Waals surface area contributed by atoms with Gasteiger partial charge in [-0.05, 0) is 30.4 Å². The Hall–Kier alpha value is -2.43. The van der Waals surface area contributed by atoms with E-state index >= 15 is 0 Å². The molecular weight excluding hydrogens is 352 g/mol. The maximum absolute atomic E-state index is 12.6. The van der Waals surface area contributed by atoms with Crippen molar-refractivity contribution in [2.45, 2.75) is 32.4 Å². The van der Waals surface area contributed by atoms with Gasteiger partial charge in [0.05, 0.1) is 10.9 Å². The maximum atomic E-state index is 12.6. The van der Waals surface area contributed by atoms with Crippen molar-refractivity contribution in [1.29, 1.82) is 0 Å². The Morgan fingerprint density at radius 1 is 1.00 bits per heavy atom. The van der Waals surface area contributed by atoms with Gasteiger partial charge in [0.2, 0.25) is 0 Å². The molecule has 0 aliphatic rings. The van der Waals surface area contributed by atoms with E-state index < -0.39 is 0 Å². The normalized spacial score (nSPS) is 13.1. The first-order chi connectivity index (χ1) is 13.2. The summed E-state index contributed by atoms with van der Waals surface area (Å²) in [6.07, 6.45) is 0.877. The zero-order valence-corrected chi connectivity index (χ0v) is 16.7. The quantitative estimate of drug-likeness (QED) is 0.611. The smallest absolute Gasteiger partial charge is 0.275 e. The van der Waals surface area contributed by atoms with Crippen LogP contribution in [0.3, 0.4) is 0 Å². The zero-order chi connectivity index (χ0) is 19.1. The summed E-state index contributed by atoms with van der Waals surface area (Å²) in [4.78, 5) is 13.9. The minimum absolute atomic E-state index is 0.0587. The second kappa shape index (κ2) is 9.49. The first-order valence-corrected chi connectivity index (χ1v) is 10.3. The van der Waals surface area contributed by atoms with Crippen molar-refractivity contribution in [3.05, 3.63) is 93.7 Å². The summed E-state index contributed by atoms with van der Waals surface area (Å²) in [5.41, 5.74) is 3.61. The molecule has 0 aliphatic carbocycles. The number of carbonyl (C=O) groups is 1. The molecule has 1 aromatic heterocycles. The maximum Gasteiger partial charge on any atom is 0.275 e. The Morgan fingerprint density at radius 2 is 1.74 bits per heavy atom. The fourth-order valence-corrected chi connectivity index (χ4v) is 4.09. The van der Waals surface area contributed by atoms with Gasteiger partial charge < -0.3 is 10.6 Å². The largest absolute Gasteiger partial charge is 0.344 e. The number of quaternary nitrogens is 1. The van der Waals surface area contributed by atoms with Crippen LogP contribution in [0.1, 0.15) is 47.0 Å². The molecule has 3 aromatic rings. The standard InChI is InChI=1S/C23H26N2OS/c1-3-20(18-13-11-17(2)12-14-18)25-22(26)16-24-23(21-10-7-15-27-21)19-8-5-4-6-9-19/h4-15,20,23-24H,3,16H2,1-2H3,(H,25,26)/p+1/t20-,23+/m0/s1. The number of hydrogen-bond donors (Lipinski definition) is 2. The topological polar surface area (TPSA) is 45.7 Å². The summed E-state index contributed by atoms with van der Waals surface area (Å²) >= 11 is 1.73. The van der Waals surface area contributed by atoms with Crippen LogP contribution in [-0.4, -0.2) is 12.5 Å². The highest BCUT2D eigenvalue weighted by molar-refractivity contribution is 7.10. The average Bonchev–Trinajstić information content (AvgIpc) is 3.22. The number of benzene rings is 2. The van der Waals surface area contributed by atoms with E-state index in [1.807, 2.05) is 18.2 Å². The Bertz CT molecular complexity index is 829. The number of hydrogen-bond acceptors (Lipinski definition) is 2. The van der Waals surface area contributed by atoms with Gasteiger partial charge in [-0.1, -0.05) is 73.2 Å². The summed E-state index contributed by atoms with van der Waals surface area (Å²) in [6.45, 7) is 4.58. The monoisotopic (exact) mass is 379 g/mol. The number of amides is 1. The van der Waals surface area contributed by atoms with Gasteiger partial charge in [0.25, 0.3) is 5.91 Å². The van der Waals surface area contributed by atoms with E-state index in [1.165, 1.54) is 16.0 Å². The molecule has 0 unspecified atom stereocenters. The summed E-state index contributed by atoms with van der Waals surface area (Å²) in [6, 6.07) is 23.2. The van der Waals surface area contributed by atoms with E-state index in [2.05, 4.69) is 78.4 Å². The third-order valence-electron chi connectivity index (χ3n) is 4.77. The van der Waals surface area contributed by atoms with E-state index in [0.29, 0.717) is 6.54 Å². The average molecular weight is 380 g/mol. The number of nitrogens with two attached hydrogens (primary N) is 1. The van der Waals surface area contributed by atoms with Gasteiger partial charge >= 0.3 is 0 Å². The van der Waals surface area contributed by atoms with Gasteiger partial charge in [0.15, 0.2) is 6.54 Å². The van der Waals surface area contributed by atoms with Gasteiger partial charge in [-0.25, -0.2) is 0 Å². The van der Waals surface area contributed by atoms with Gasteiger partial charge in [-0.15, -0.1) is 11.3 Å². The third kappa shape index (κ3) is 5.28. The van der Waals surface area contributed by atoms with Crippen molar-refractivity contribution >= 4 is 17.2 Å². The Morgan fingerprint density at radius 3 is 2.37 bits per heavy atom. The lowest BCUT2D eigenvalue weighted by atomic mass is 10.0. The molecule has 140 valence electrons. The van der Waals surface area contributed by atoms with Crippen molar-refractivity contribution < 1.29 is 10.1 Å². The minimum atomic E-state index is 0.0587. The number of aryl methyl sites for hydroxylation is 1. The van der Waals surface area contributed by atoms with E-state index in [4.69, 9.17) is 0 Å². The van der Waals surface area contributed by atoms with Crippen LogP contribution in [0.5, 0.6) is 0 Å². The fraction of sp³-hybridized carbons (Fsp3) is 0.261. The van der Waals surface area contributed by atoms with Crippen molar-refractivity contribution in [3.8, 4) is 0 Å². The number of carbonyl (C=O) groups excluding carboxylic acids is 1. The Labute approximate surface area is 165 Å². The van der Waals surface area contributed by atoms with Crippen molar-refractivity contribution in [1.82, 2.24) is 5.32 Å². The second-order valence-electron chi connectivity index (χ2n) is 6.78. The molecule has 0 spiro atoms. The van der Waals surface area contributed by atoms with Crippen molar-refractivity contribution in [2.75, 3.05) is 6.54 Å². The predicted octanol–water partition coefficient (Wildman–Crippen LogP) is 3.98. The van der Waals surface area contributed by atoms with E-state index in [1.54, 1.807) is 11.3 Å². The molecular formula is C23H27N2OS+. The summed E-state index contributed by atoms with van der Waals surface area (Å²) in [5.74, 6) is 0.0694. The fourth-order valence-electron chi connectivity index (χ4n) is 3.24. The lowest BCUT2D eigenvalue weighted by molar-refractivity contribution is -0.676. The van der Waals surface area contributed by atoms with Crippen LogP contribution in [0.4, 0.5) is 0 Å². The molecule has 3 nitrogen and oxygen atoms in total. The summed E-state index contributed by atoms with van der Waals surface area (Å²) in [7, 11) is 0. The van der Waals surface area contributed by atoms with Crippen LogP contribution < -0.4 is 10.6 Å². The van der Waals surface area contributed by atoms with Crippen LogP contribution in [0.25, 0.3) is 0 Å². The summed E-state index contributed by atoms with van der Waals surface area (Å²) in [5, 5.41) is 7.40. The Balaban J connectivity index is 1.64. The molecule has 27 heavy (non-hydrogen) atoms. The van der Waals surface area contributed by atoms with E-state index in [9.17, 15) is 4.79 Å². The number of nitrogens with one attached hydrogen (secondary N) is 1. The Kier molecular flexibility index (Phi) is 6.80. The van der Waals surface area contributed by atoms with Crippen LogP contribution in [-0.2, 0) is 4.79 Å². The molecule has 3 rings (SSSR count). The van der Waals surface area contributed by atoms with Crippen LogP contribution >= 0.6 is 11.3 Å². The van der Waals surface area contributed by atoms with Crippen LogP contribution in [0.15, 0.2) is 72.1 Å². The summed E-state index contributed by atoms with van der Waals surface area (Å²) < 4.78 is 0. The molecule has 0 bridgehead atoms. The highest BCUT2D eigenvalue weighted by Crippen LogP contribution is 2.22. The van der Waals surface area contributed by atoms with E-state index in [0.717, 1.165) is 12.0 Å². The van der Waals surface area contributed by atoms with Crippen molar-refractivity contribution in [2.24, 2.45) is 0 Å². The molecule has 0 saturated carbocycles. The third-order valence-corrected chi connectivity index (χ3v) is 5.73. The van der Waals surface area contributed by atoms with Crippen LogP contribution in [0.2, 0.25) is 0 Å². The molecule has 2 aromatic carbocycles. The minimum Gasteiger partial charge on any atom is -0.344 e. The highest BCUT2D eigenvalue weighted by Gasteiger charge is 2.21. The first kappa shape index (κ1) is 19.3. The van der Waals surface area contributed by atoms with Gasteiger partial charge in [0, 0.05) is 5.56 Å². The predicted molar refractivity (Wildman–Crippen MR) is 112 cm³/mol. The highest BCUT2D eigenvalue weighted by atomic mass is 32.1. The lowest BCUT2D eigenvalue weighted by Gasteiger charge is -2.19. The molecule has 1 amide bonds. The zero-order valence-electron chi connectivity index (χ0n) is 15.9. The molecule has 4 heteroatoms. The second-order valence-corrected chi connectivity index (χ2v) is 7.76. The molecule has 3 N–H and O–H groups in total. The SMILES string of the molecule is CC[C@H](NC(=O)C[NH2+][C@H](c1ccccc1)c1cccs1)c1ccc(C)cc1. The van der Waals surface area contributed by atoms with Crippen molar-refractivity contribution in [3.63, 3.8) is 0 Å².